The average Bonchev–Trinajstić information content (AvgIpc) is 3.04. The summed E-state index contributed by atoms with van der Waals surface area (Å²) >= 11 is 7.28. The summed E-state index contributed by atoms with van der Waals surface area (Å²) in [4.78, 5) is 12.0. The Morgan fingerprint density at radius 2 is 1.92 bits per heavy atom. The Morgan fingerprint density at radius 1 is 1.17 bits per heavy atom. The third kappa shape index (κ3) is 4.15. The Bertz CT molecular complexity index is 849. The van der Waals surface area contributed by atoms with Crippen LogP contribution in [0.25, 0.3) is 11.5 Å². The van der Waals surface area contributed by atoms with Crippen molar-refractivity contribution in [2.24, 2.45) is 0 Å². The van der Waals surface area contributed by atoms with Crippen molar-refractivity contribution in [2.45, 2.75) is 12.1 Å². The van der Waals surface area contributed by atoms with Crippen LogP contribution < -0.4 is 5.32 Å². The highest BCUT2D eigenvalue weighted by molar-refractivity contribution is 7.99. The molecule has 0 saturated carbocycles. The lowest BCUT2D eigenvalue weighted by Crippen LogP contribution is -2.13. The number of hydrogen-bond donors (Lipinski definition) is 1. The Labute approximate surface area is 148 Å². The molecule has 0 aliphatic heterocycles. The molecule has 1 heterocycles. The second kappa shape index (κ2) is 7.51. The van der Waals surface area contributed by atoms with Crippen LogP contribution in [-0.2, 0) is 4.79 Å². The summed E-state index contributed by atoms with van der Waals surface area (Å²) in [6, 6.07) is 14.8. The molecule has 3 rings (SSSR count). The van der Waals surface area contributed by atoms with E-state index in [1.54, 1.807) is 12.1 Å². The third-order valence-electron chi connectivity index (χ3n) is 3.17. The third-order valence-corrected chi connectivity index (χ3v) is 4.32. The van der Waals surface area contributed by atoms with Gasteiger partial charge in [0, 0.05) is 5.69 Å². The largest absolute Gasteiger partial charge is 0.411 e. The molecule has 0 unspecified atom stereocenters. The van der Waals surface area contributed by atoms with E-state index in [2.05, 4.69) is 15.5 Å². The number of rotatable bonds is 5. The maximum atomic E-state index is 12.0. The minimum atomic E-state index is -0.138. The molecule has 0 atom stereocenters. The lowest BCUT2D eigenvalue weighted by molar-refractivity contribution is -0.113. The number of nitrogens with one attached hydrogen (secondary N) is 1. The summed E-state index contributed by atoms with van der Waals surface area (Å²) in [5, 5.41) is 11.6. The molecule has 3 aromatic rings. The van der Waals surface area contributed by atoms with Gasteiger partial charge in [-0.05, 0) is 31.2 Å². The number of hydrogen-bond acceptors (Lipinski definition) is 5. The van der Waals surface area contributed by atoms with Crippen LogP contribution in [0.15, 0.2) is 58.2 Å². The quantitative estimate of drug-likeness (QED) is 0.682. The molecule has 0 aliphatic carbocycles. The zero-order valence-electron chi connectivity index (χ0n) is 12.8. The van der Waals surface area contributed by atoms with Gasteiger partial charge in [0.1, 0.15) is 0 Å². The summed E-state index contributed by atoms with van der Waals surface area (Å²) in [5.74, 6) is 0.376. The number of nitrogens with zero attached hydrogens (tertiary/aromatic N) is 2. The van der Waals surface area contributed by atoms with Crippen molar-refractivity contribution in [1.29, 1.82) is 0 Å². The lowest BCUT2D eigenvalue weighted by atomic mass is 10.2. The molecule has 0 bridgehead atoms. The van der Waals surface area contributed by atoms with Crippen LogP contribution in [0.5, 0.6) is 0 Å². The second-order valence-corrected chi connectivity index (χ2v) is 6.39. The van der Waals surface area contributed by atoms with E-state index in [0.717, 1.165) is 11.3 Å². The fourth-order valence-corrected chi connectivity index (χ4v) is 2.75. The molecule has 1 aromatic heterocycles. The first-order chi connectivity index (χ1) is 11.6. The van der Waals surface area contributed by atoms with Crippen LogP contribution in [-0.4, -0.2) is 21.9 Å². The molecule has 1 N–H and O–H groups in total. The summed E-state index contributed by atoms with van der Waals surface area (Å²) in [6.45, 7) is 1.99. The minimum Gasteiger partial charge on any atom is -0.411 e. The molecular weight excluding hydrogens is 346 g/mol. The van der Waals surface area contributed by atoms with E-state index < -0.39 is 0 Å². The van der Waals surface area contributed by atoms with Crippen molar-refractivity contribution >= 4 is 35.0 Å². The Morgan fingerprint density at radius 3 is 2.67 bits per heavy atom. The van der Waals surface area contributed by atoms with Crippen LogP contribution in [0.3, 0.4) is 0 Å². The zero-order valence-corrected chi connectivity index (χ0v) is 14.4. The van der Waals surface area contributed by atoms with Gasteiger partial charge < -0.3 is 9.73 Å². The van der Waals surface area contributed by atoms with Crippen molar-refractivity contribution in [1.82, 2.24) is 10.2 Å². The average molecular weight is 360 g/mol. The Kier molecular flexibility index (Phi) is 5.17. The van der Waals surface area contributed by atoms with E-state index in [1.807, 2.05) is 43.3 Å². The predicted molar refractivity (Wildman–Crippen MR) is 95.3 cm³/mol. The molecule has 5 nitrogen and oxygen atoms in total. The molecule has 0 saturated heterocycles. The van der Waals surface area contributed by atoms with Crippen molar-refractivity contribution in [3.8, 4) is 11.5 Å². The van der Waals surface area contributed by atoms with E-state index in [-0.39, 0.29) is 11.7 Å². The molecule has 1 amide bonds. The smallest absolute Gasteiger partial charge is 0.277 e. The standard InChI is InChI=1S/C17H14ClN3O2S/c1-11-6-8-12(9-7-11)19-15(22)10-24-17-21-20-16(23-17)13-4-2-3-5-14(13)18/h2-9H,10H2,1H3,(H,19,22). The van der Waals surface area contributed by atoms with E-state index >= 15 is 0 Å². The monoisotopic (exact) mass is 359 g/mol. The van der Waals surface area contributed by atoms with Crippen molar-refractivity contribution < 1.29 is 9.21 Å². The summed E-state index contributed by atoms with van der Waals surface area (Å²) in [6.07, 6.45) is 0. The van der Waals surface area contributed by atoms with Crippen LogP contribution in [0, 0.1) is 6.92 Å². The predicted octanol–water partition coefficient (Wildman–Crippen LogP) is 4.43. The van der Waals surface area contributed by atoms with Gasteiger partial charge in [0.15, 0.2) is 0 Å². The summed E-state index contributed by atoms with van der Waals surface area (Å²) < 4.78 is 5.54. The highest BCUT2D eigenvalue weighted by atomic mass is 35.5. The maximum absolute atomic E-state index is 12.0. The highest BCUT2D eigenvalue weighted by Crippen LogP contribution is 2.28. The number of carbonyl (C=O) groups is 1. The van der Waals surface area contributed by atoms with Gasteiger partial charge in [0.25, 0.3) is 5.22 Å². The number of carbonyl (C=O) groups excluding carboxylic acids is 1. The molecule has 0 fully saturated rings. The van der Waals surface area contributed by atoms with E-state index in [1.165, 1.54) is 11.8 Å². The van der Waals surface area contributed by atoms with E-state index in [0.29, 0.717) is 21.7 Å². The van der Waals surface area contributed by atoms with Gasteiger partial charge in [0.05, 0.1) is 16.3 Å². The highest BCUT2D eigenvalue weighted by Gasteiger charge is 2.13. The fourth-order valence-electron chi connectivity index (χ4n) is 1.97. The number of benzene rings is 2. The van der Waals surface area contributed by atoms with Gasteiger partial charge in [0.2, 0.25) is 11.8 Å². The molecule has 0 spiro atoms. The van der Waals surface area contributed by atoms with Gasteiger partial charge in [-0.3, -0.25) is 4.79 Å². The van der Waals surface area contributed by atoms with Gasteiger partial charge in [-0.2, -0.15) is 0 Å². The zero-order chi connectivity index (χ0) is 16.9. The SMILES string of the molecule is Cc1ccc(NC(=O)CSc2nnc(-c3ccccc3Cl)o2)cc1. The molecule has 24 heavy (non-hydrogen) atoms. The molecule has 0 radical (unpaired) electrons. The molecule has 7 heteroatoms. The van der Waals surface area contributed by atoms with Gasteiger partial charge in [-0.25, -0.2) is 0 Å². The summed E-state index contributed by atoms with van der Waals surface area (Å²) in [7, 11) is 0. The first-order valence-corrected chi connectivity index (χ1v) is 8.56. The number of aryl methyl sites for hydroxylation is 1. The first kappa shape index (κ1) is 16.5. The Balaban J connectivity index is 1.58. The minimum absolute atomic E-state index is 0.138. The topological polar surface area (TPSA) is 68.0 Å². The number of amides is 1. The summed E-state index contributed by atoms with van der Waals surface area (Å²) in [5.41, 5.74) is 2.57. The Hall–Kier alpha value is -2.31. The van der Waals surface area contributed by atoms with Gasteiger partial charge in [-0.1, -0.05) is 53.2 Å². The van der Waals surface area contributed by atoms with Gasteiger partial charge >= 0.3 is 0 Å². The first-order valence-electron chi connectivity index (χ1n) is 7.19. The molecule has 2 aromatic carbocycles. The normalized spacial score (nSPS) is 10.6. The van der Waals surface area contributed by atoms with Crippen LogP contribution >= 0.6 is 23.4 Å². The maximum Gasteiger partial charge on any atom is 0.277 e. The fraction of sp³-hybridized carbons (Fsp3) is 0.118. The van der Waals surface area contributed by atoms with E-state index in [4.69, 9.17) is 16.0 Å². The number of aromatic nitrogens is 2. The van der Waals surface area contributed by atoms with E-state index in [9.17, 15) is 4.79 Å². The number of anilines is 1. The van der Waals surface area contributed by atoms with Crippen LogP contribution in [0.1, 0.15) is 5.56 Å². The molecule has 122 valence electrons. The van der Waals surface area contributed by atoms with Crippen LogP contribution in [0.4, 0.5) is 5.69 Å². The number of thioether (sulfide) groups is 1. The lowest BCUT2D eigenvalue weighted by Gasteiger charge is -2.04. The van der Waals surface area contributed by atoms with Crippen molar-refractivity contribution in [2.75, 3.05) is 11.1 Å². The van der Waals surface area contributed by atoms with Crippen LogP contribution in [0.2, 0.25) is 5.02 Å². The molecule has 0 aliphatic rings. The van der Waals surface area contributed by atoms with Gasteiger partial charge in [-0.15, -0.1) is 10.2 Å². The van der Waals surface area contributed by atoms with Crippen molar-refractivity contribution in [3.63, 3.8) is 0 Å². The molecular formula is C17H14ClN3O2S. The second-order valence-electron chi connectivity index (χ2n) is 5.06. The number of halogens is 1. The van der Waals surface area contributed by atoms with Crippen molar-refractivity contribution in [3.05, 3.63) is 59.1 Å².